The predicted molar refractivity (Wildman–Crippen MR) is 48.9 cm³/mol. The van der Waals surface area contributed by atoms with E-state index in [0.29, 0.717) is 0 Å². The molecule has 0 aliphatic carbocycles. The predicted octanol–water partition coefficient (Wildman–Crippen LogP) is 0.531. The van der Waals surface area contributed by atoms with Gasteiger partial charge in [0.2, 0.25) is 0 Å². The lowest BCUT2D eigenvalue weighted by molar-refractivity contribution is 0.665. The van der Waals surface area contributed by atoms with E-state index in [9.17, 15) is 0 Å². The zero-order valence-corrected chi connectivity index (χ0v) is 7.65. The van der Waals surface area contributed by atoms with Crippen LogP contribution < -0.4 is 5.32 Å². The lowest BCUT2D eigenvalue weighted by Gasteiger charge is -1.98. The van der Waals surface area contributed by atoms with Crippen LogP contribution >= 0.6 is 11.8 Å². The molecule has 0 bridgehead atoms. The molecule has 1 aliphatic heterocycles. The minimum Gasteiger partial charge on any atom is -0.311 e. The van der Waals surface area contributed by atoms with Crippen molar-refractivity contribution in [3.05, 3.63) is 11.4 Å². The Morgan fingerprint density at radius 1 is 1.25 bits per heavy atom. The monoisotopic (exact) mass is 184 g/mol. The average Bonchev–Trinajstić information content (AvgIpc) is 2.50. The molecule has 12 heavy (non-hydrogen) atoms. The average molecular weight is 184 g/mol. The van der Waals surface area contributed by atoms with Gasteiger partial charge in [-0.2, -0.15) is 27.2 Å². The van der Waals surface area contributed by atoms with Crippen molar-refractivity contribution in [3.8, 4) is 0 Å². The summed E-state index contributed by atoms with van der Waals surface area (Å²) in [6, 6.07) is 0. The molecule has 0 atom stereocenters. The molecule has 1 aromatic heterocycles. The maximum atomic E-state index is 4.10. The molecule has 2 heterocycles. The van der Waals surface area contributed by atoms with E-state index >= 15 is 0 Å². The zero-order chi connectivity index (χ0) is 8.23. The Morgan fingerprint density at radius 3 is 3.17 bits per heavy atom. The standard InChI is InChI=1S/C7H12N4S/c1-2-8-4-6-7(5-12-3-1)10-11-9-6/h8H,1-5H2,(H,9,10,11). The van der Waals surface area contributed by atoms with Crippen LogP contribution in [-0.2, 0) is 12.3 Å². The highest BCUT2D eigenvalue weighted by Gasteiger charge is 2.08. The first-order valence-corrected chi connectivity index (χ1v) is 5.29. The Balaban J connectivity index is 2.10. The molecule has 5 heteroatoms. The van der Waals surface area contributed by atoms with Crippen molar-refractivity contribution < 1.29 is 0 Å². The van der Waals surface area contributed by atoms with Gasteiger partial charge in [-0.25, -0.2) is 0 Å². The van der Waals surface area contributed by atoms with E-state index in [2.05, 4.69) is 20.7 Å². The number of H-pyrrole nitrogens is 1. The molecular weight excluding hydrogens is 172 g/mol. The summed E-state index contributed by atoms with van der Waals surface area (Å²) in [4.78, 5) is 0. The maximum absolute atomic E-state index is 4.10. The van der Waals surface area contributed by atoms with Crippen LogP contribution in [0.3, 0.4) is 0 Å². The van der Waals surface area contributed by atoms with Gasteiger partial charge in [-0.15, -0.1) is 0 Å². The van der Waals surface area contributed by atoms with Gasteiger partial charge in [-0.1, -0.05) is 0 Å². The summed E-state index contributed by atoms with van der Waals surface area (Å²) in [6.45, 7) is 1.94. The molecule has 0 radical (unpaired) electrons. The lowest BCUT2D eigenvalue weighted by atomic mass is 10.3. The number of aromatic nitrogens is 3. The largest absolute Gasteiger partial charge is 0.311 e. The van der Waals surface area contributed by atoms with Crippen molar-refractivity contribution in [2.75, 3.05) is 12.3 Å². The number of hydrogen-bond acceptors (Lipinski definition) is 4. The first-order valence-electron chi connectivity index (χ1n) is 4.14. The summed E-state index contributed by atoms with van der Waals surface area (Å²) < 4.78 is 0. The molecular formula is C7H12N4S. The van der Waals surface area contributed by atoms with Crippen LogP contribution in [0.15, 0.2) is 0 Å². The van der Waals surface area contributed by atoms with Crippen molar-refractivity contribution in [1.82, 2.24) is 20.7 Å². The molecule has 4 nitrogen and oxygen atoms in total. The van der Waals surface area contributed by atoms with Gasteiger partial charge in [0.1, 0.15) is 5.69 Å². The second-order valence-electron chi connectivity index (χ2n) is 2.80. The highest BCUT2D eigenvalue weighted by Crippen LogP contribution is 2.14. The Kier molecular flexibility index (Phi) is 2.63. The van der Waals surface area contributed by atoms with E-state index in [1.54, 1.807) is 0 Å². The summed E-state index contributed by atoms with van der Waals surface area (Å²) in [5.74, 6) is 2.20. The van der Waals surface area contributed by atoms with Gasteiger partial charge in [-0.3, -0.25) is 0 Å². The van der Waals surface area contributed by atoms with E-state index in [-0.39, 0.29) is 0 Å². The molecule has 2 rings (SSSR count). The molecule has 0 aromatic carbocycles. The maximum Gasteiger partial charge on any atom is 0.100 e. The number of nitrogens with zero attached hydrogens (tertiary/aromatic N) is 2. The van der Waals surface area contributed by atoms with Crippen LogP contribution in [0.5, 0.6) is 0 Å². The van der Waals surface area contributed by atoms with Crippen molar-refractivity contribution in [2.45, 2.75) is 18.7 Å². The molecule has 2 N–H and O–H groups in total. The normalized spacial score (nSPS) is 19.0. The number of rotatable bonds is 0. The summed E-state index contributed by atoms with van der Waals surface area (Å²) in [6.07, 6.45) is 1.23. The number of thioether (sulfide) groups is 1. The number of fused-ring (bicyclic) bond motifs is 1. The Bertz CT molecular complexity index is 225. The van der Waals surface area contributed by atoms with Gasteiger partial charge in [0, 0.05) is 12.3 Å². The fourth-order valence-electron chi connectivity index (χ4n) is 1.21. The van der Waals surface area contributed by atoms with Crippen LogP contribution in [-0.4, -0.2) is 27.7 Å². The molecule has 0 unspecified atom stereocenters. The molecule has 0 saturated carbocycles. The third-order valence-corrected chi connectivity index (χ3v) is 2.93. The second kappa shape index (κ2) is 3.91. The molecule has 0 spiro atoms. The first-order chi connectivity index (χ1) is 5.97. The van der Waals surface area contributed by atoms with Crippen molar-refractivity contribution >= 4 is 11.8 Å². The quantitative estimate of drug-likeness (QED) is 0.617. The first kappa shape index (κ1) is 8.07. The highest BCUT2D eigenvalue weighted by molar-refractivity contribution is 7.98. The van der Waals surface area contributed by atoms with E-state index in [1.165, 1.54) is 12.2 Å². The highest BCUT2D eigenvalue weighted by atomic mass is 32.2. The summed E-state index contributed by atoms with van der Waals surface area (Å²) in [7, 11) is 0. The Labute approximate surface area is 75.5 Å². The summed E-state index contributed by atoms with van der Waals surface area (Å²) in [5.41, 5.74) is 2.18. The summed E-state index contributed by atoms with van der Waals surface area (Å²) >= 11 is 1.93. The van der Waals surface area contributed by atoms with Gasteiger partial charge in [0.05, 0.1) is 5.69 Å². The van der Waals surface area contributed by atoms with Gasteiger partial charge in [0.15, 0.2) is 0 Å². The minimum absolute atomic E-state index is 0.854. The fourth-order valence-corrected chi connectivity index (χ4v) is 2.12. The van der Waals surface area contributed by atoms with Crippen LogP contribution in [0.1, 0.15) is 17.8 Å². The third-order valence-electron chi connectivity index (χ3n) is 1.88. The smallest absolute Gasteiger partial charge is 0.100 e. The molecule has 66 valence electrons. The molecule has 0 saturated heterocycles. The lowest BCUT2D eigenvalue weighted by Crippen LogP contribution is -2.15. The van der Waals surface area contributed by atoms with Crippen molar-refractivity contribution in [1.29, 1.82) is 0 Å². The van der Waals surface area contributed by atoms with Crippen LogP contribution in [0, 0.1) is 0 Å². The zero-order valence-electron chi connectivity index (χ0n) is 6.84. The number of nitrogens with one attached hydrogen (secondary N) is 2. The van der Waals surface area contributed by atoms with E-state index in [1.807, 2.05) is 11.8 Å². The molecule has 0 fully saturated rings. The summed E-state index contributed by atoms with van der Waals surface area (Å²) in [5, 5.41) is 14.2. The Hall–Kier alpha value is -0.550. The van der Waals surface area contributed by atoms with Gasteiger partial charge < -0.3 is 5.32 Å². The van der Waals surface area contributed by atoms with Crippen molar-refractivity contribution in [3.63, 3.8) is 0 Å². The van der Waals surface area contributed by atoms with E-state index < -0.39 is 0 Å². The van der Waals surface area contributed by atoms with E-state index in [0.717, 1.165) is 30.2 Å². The fraction of sp³-hybridized carbons (Fsp3) is 0.714. The minimum atomic E-state index is 0.854. The van der Waals surface area contributed by atoms with Crippen LogP contribution in [0.4, 0.5) is 0 Å². The van der Waals surface area contributed by atoms with E-state index in [4.69, 9.17) is 0 Å². The number of aromatic amines is 1. The third kappa shape index (κ3) is 1.78. The molecule has 1 aromatic rings. The Morgan fingerprint density at radius 2 is 2.17 bits per heavy atom. The van der Waals surface area contributed by atoms with Gasteiger partial charge in [0.25, 0.3) is 0 Å². The van der Waals surface area contributed by atoms with Gasteiger partial charge >= 0.3 is 0 Å². The molecule has 1 aliphatic rings. The van der Waals surface area contributed by atoms with Gasteiger partial charge in [-0.05, 0) is 18.7 Å². The second-order valence-corrected chi connectivity index (χ2v) is 3.91. The van der Waals surface area contributed by atoms with Crippen molar-refractivity contribution in [2.24, 2.45) is 0 Å². The van der Waals surface area contributed by atoms with Crippen LogP contribution in [0.25, 0.3) is 0 Å². The topological polar surface area (TPSA) is 53.6 Å². The molecule has 0 amide bonds. The number of hydrogen-bond donors (Lipinski definition) is 2. The SMILES string of the molecule is C1CNCc2n[nH]nc2CSC1. The van der Waals surface area contributed by atoms with Crippen LogP contribution in [0.2, 0.25) is 0 Å².